The molecule has 3 nitrogen and oxygen atoms in total. The van der Waals surface area contributed by atoms with E-state index in [-0.39, 0.29) is 5.91 Å². The van der Waals surface area contributed by atoms with E-state index in [4.69, 9.17) is 0 Å². The molecule has 0 radical (unpaired) electrons. The molecular formula is C16H14N2OS. The third-order valence-electron chi connectivity index (χ3n) is 3.15. The monoisotopic (exact) mass is 282 g/mol. The van der Waals surface area contributed by atoms with Crippen LogP contribution < -0.4 is 0 Å². The van der Waals surface area contributed by atoms with Gasteiger partial charge in [0.2, 0.25) is 5.91 Å². The van der Waals surface area contributed by atoms with Crippen LogP contribution in [0.15, 0.2) is 60.1 Å². The summed E-state index contributed by atoms with van der Waals surface area (Å²) < 4.78 is 0. The van der Waals surface area contributed by atoms with E-state index in [0.717, 1.165) is 21.6 Å². The standard InChI is InChI=1S/C16H14N2OS/c1-2-10-18-15(19)11-20-16(18)17-14-9-5-7-12-6-3-4-8-13(12)14/h2-9H,1,10-11H2. The lowest BCUT2D eigenvalue weighted by molar-refractivity contribution is -0.123. The van der Waals surface area contributed by atoms with Crippen LogP contribution in [-0.2, 0) is 4.79 Å². The number of hydrogen-bond donors (Lipinski definition) is 0. The van der Waals surface area contributed by atoms with Crippen LogP contribution in [0.1, 0.15) is 0 Å². The molecule has 4 heteroatoms. The van der Waals surface area contributed by atoms with Crippen LogP contribution in [0.4, 0.5) is 5.69 Å². The van der Waals surface area contributed by atoms with Crippen molar-refractivity contribution in [3.8, 4) is 0 Å². The van der Waals surface area contributed by atoms with Gasteiger partial charge < -0.3 is 0 Å². The summed E-state index contributed by atoms with van der Waals surface area (Å²) in [6.45, 7) is 4.20. The number of rotatable bonds is 3. The van der Waals surface area contributed by atoms with Crippen molar-refractivity contribution in [3.05, 3.63) is 55.1 Å². The summed E-state index contributed by atoms with van der Waals surface area (Å²) in [6.07, 6.45) is 1.72. The van der Waals surface area contributed by atoms with E-state index in [1.54, 1.807) is 11.0 Å². The summed E-state index contributed by atoms with van der Waals surface area (Å²) in [5.41, 5.74) is 0.898. The van der Waals surface area contributed by atoms with Crippen molar-refractivity contribution in [1.29, 1.82) is 0 Å². The zero-order valence-corrected chi connectivity index (χ0v) is 11.8. The number of aliphatic imine (C=N–C) groups is 1. The summed E-state index contributed by atoms with van der Waals surface area (Å²) in [4.78, 5) is 18.2. The quantitative estimate of drug-likeness (QED) is 0.806. The highest BCUT2D eigenvalue weighted by molar-refractivity contribution is 8.15. The maximum atomic E-state index is 11.8. The Morgan fingerprint density at radius 1 is 1.25 bits per heavy atom. The Morgan fingerprint density at radius 3 is 2.90 bits per heavy atom. The molecule has 0 unspecified atom stereocenters. The topological polar surface area (TPSA) is 32.7 Å². The lowest BCUT2D eigenvalue weighted by Crippen LogP contribution is -2.29. The number of amides is 1. The molecule has 0 bridgehead atoms. The minimum Gasteiger partial charge on any atom is -0.287 e. The number of thioether (sulfide) groups is 1. The average molecular weight is 282 g/mol. The van der Waals surface area contributed by atoms with Gasteiger partial charge in [-0.3, -0.25) is 9.69 Å². The van der Waals surface area contributed by atoms with E-state index in [1.165, 1.54) is 11.8 Å². The van der Waals surface area contributed by atoms with Crippen LogP contribution in [0.3, 0.4) is 0 Å². The SMILES string of the molecule is C=CCN1C(=O)CSC1=Nc1cccc2ccccc12. The predicted molar refractivity (Wildman–Crippen MR) is 85.4 cm³/mol. The van der Waals surface area contributed by atoms with E-state index < -0.39 is 0 Å². The number of amidine groups is 1. The highest BCUT2D eigenvalue weighted by atomic mass is 32.2. The summed E-state index contributed by atoms with van der Waals surface area (Å²) in [6, 6.07) is 14.2. The van der Waals surface area contributed by atoms with Crippen molar-refractivity contribution < 1.29 is 4.79 Å². The number of carbonyl (C=O) groups excluding carboxylic acids is 1. The molecule has 1 heterocycles. The lowest BCUT2D eigenvalue weighted by atomic mass is 10.1. The van der Waals surface area contributed by atoms with Crippen molar-refractivity contribution in [2.24, 2.45) is 4.99 Å². The van der Waals surface area contributed by atoms with Gasteiger partial charge >= 0.3 is 0 Å². The third-order valence-corrected chi connectivity index (χ3v) is 4.11. The van der Waals surface area contributed by atoms with Gasteiger partial charge in [-0.05, 0) is 11.5 Å². The van der Waals surface area contributed by atoms with Gasteiger partial charge in [-0.2, -0.15) is 0 Å². The molecule has 2 aromatic carbocycles. The van der Waals surface area contributed by atoms with Crippen molar-refractivity contribution >= 4 is 39.3 Å². The van der Waals surface area contributed by atoms with Crippen LogP contribution in [-0.4, -0.2) is 28.3 Å². The zero-order chi connectivity index (χ0) is 13.9. The smallest absolute Gasteiger partial charge is 0.239 e. The molecule has 0 spiro atoms. The number of hydrogen-bond acceptors (Lipinski definition) is 3. The minimum absolute atomic E-state index is 0.0916. The summed E-state index contributed by atoms with van der Waals surface area (Å²) in [5, 5.41) is 3.01. The minimum atomic E-state index is 0.0916. The Hall–Kier alpha value is -2.07. The lowest BCUT2D eigenvalue weighted by Gasteiger charge is -2.13. The normalized spacial score (nSPS) is 17.1. The van der Waals surface area contributed by atoms with Crippen molar-refractivity contribution in [2.45, 2.75) is 0 Å². The van der Waals surface area contributed by atoms with E-state index in [2.05, 4.69) is 23.7 Å². The molecule has 2 aromatic rings. The molecule has 100 valence electrons. The van der Waals surface area contributed by atoms with Gasteiger partial charge in [0.15, 0.2) is 5.17 Å². The van der Waals surface area contributed by atoms with Gasteiger partial charge in [0.25, 0.3) is 0 Å². The molecule has 1 saturated heterocycles. The maximum absolute atomic E-state index is 11.8. The second kappa shape index (κ2) is 5.51. The average Bonchev–Trinajstić information content (AvgIpc) is 2.81. The maximum Gasteiger partial charge on any atom is 0.239 e. The Labute approximate surface area is 122 Å². The van der Waals surface area contributed by atoms with Crippen molar-refractivity contribution in [2.75, 3.05) is 12.3 Å². The largest absolute Gasteiger partial charge is 0.287 e. The second-order valence-electron chi connectivity index (χ2n) is 4.47. The van der Waals surface area contributed by atoms with E-state index >= 15 is 0 Å². The molecule has 0 aromatic heterocycles. The van der Waals surface area contributed by atoms with Crippen LogP contribution >= 0.6 is 11.8 Å². The molecular weight excluding hydrogens is 268 g/mol. The number of fused-ring (bicyclic) bond motifs is 1. The molecule has 20 heavy (non-hydrogen) atoms. The fourth-order valence-corrected chi connectivity index (χ4v) is 3.10. The highest BCUT2D eigenvalue weighted by Crippen LogP contribution is 2.29. The Balaban J connectivity index is 2.05. The highest BCUT2D eigenvalue weighted by Gasteiger charge is 2.27. The first-order chi connectivity index (χ1) is 9.79. The van der Waals surface area contributed by atoms with Gasteiger partial charge in [0.05, 0.1) is 11.4 Å². The fraction of sp³-hybridized carbons (Fsp3) is 0.125. The molecule has 1 aliphatic rings. The first-order valence-electron chi connectivity index (χ1n) is 6.40. The molecule has 0 atom stereocenters. The fourth-order valence-electron chi connectivity index (χ4n) is 2.20. The van der Waals surface area contributed by atoms with Gasteiger partial charge in [0, 0.05) is 11.9 Å². The van der Waals surface area contributed by atoms with Crippen LogP contribution in [0.2, 0.25) is 0 Å². The summed E-state index contributed by atoms with van der Waals surface area (Å²) in [5.74, 6) is 0.547. The second-order valence-corrected chi connectivity index (χ2v) is 5.42. The van der Waals surface area contributed by atoms with Gasteiger partial charge in [-0.25, -0.2) is 4.99 Å². The number of benzene rings is 2. The predicted octanol–water partition coefficient (Wildman–Crippen LogP) is 3.59. The van der Waals surface area contributed by atoms with Gasteiger partial charge in [-0.15, -0.1) is 6.58 Å². The Bertz CT molecular complexity index is 703. The Kier molecular flexibility index (Phi) is 3.56. The van der Waals surface area contributed by atoms with Crippen LogP contribution in [0.25, 0.3) is 10.8 Å². The molecule has 0 saturated carbocycles. The number of nitrogens with zero attached hydrogens (tertiary/aromatic N) is 2. The van der Waals surface area contributed by atoms with Gasteiger partial charge in [-0.1, -0.05) is 54.2 Å². The molecule has 0 aliphatic carbocycles. The van der Waals surface area contributed by atoms with E-state index in [0.29, 0.717) is 12.3 Å². The van der Waals surface area contributed by atoms with Crippen molar-refractivity contribution in [3.63, 3.8) is 0 Å². The molecule has 1 fully saturated rings. The first-order valence-corrected chi connectivity index (χ1v) is 7.38. The van der Waals surface area contributed by atoms with Crippen LogP contribution in [0.5, 0.6) is 0 Å². The van der Waals surface area contributed by atoms with E-state index in [9.17, 15) is 4.79 Å². The zero-order valence-electron chi connectivity index (χ0n) is 11.0. The molecule has 3 rings (SSSR count). The summed E-state index contributed by atoms with van der Waals surface area (Å²) in [7, 11) is 0. The third kappa shape index (κ3) is 2.34. The first kappa shape index (κ1) is 12.9. The van der Waals surface area contributed by atoms with E-state index in [1.807, 2.05) is 30.3 Å². The van der Waals surface area contributed by atoms with Crippen LogP contribution in [0, 0.1) is 0 Å². The summed E-state index contributed by atoms with van der Waals surface area (Å²) >= 11 is 1.48. The molecule has 1 aliphatic heterocycles. The molecule has 1 amide bonds. The Morgan fingerprint density at radius 2 is 2.05 bits per heavy atom. The molecule has 0 N–H and O–H groups in total. The number of carbonyl (C=O) groups is 1. The van der Waals surface area contributed by atoms with Crippen molar-refractivity contribution in [1.82, 2.24) is 4.90 Å². The van der Waals surface area contributed by atoms with Gasteiger partial charge in [0.1, 0.15) is 0 Å².